The van der Waals surface area contributed by atoms with E-state index < -0.39 is 17.6 Å². The van der Waals surface area contributed by atoms with Crippen LogP contribution >= 0.6 is 11.3 Å². The Morgan fingerprint density at radius 3 is 2.53 bits per heavy atom. The normalized spacial score (nSPS) is 17.9. The quantitative estimate of drug-likeness (QED) is 0.395. The second kappa shape index (κ2) is 9.09. The molecule has 1 aromatic heterocycles. The van der Waals surface area contributed by atoms with Crippen LogP contribution in [0.25, 0.3) is 5.57 Å². The van der Waals surface area contributed by atoms with Gasteiger partial charge in [-0.3, -0.25) is 14.2 Å². The number of rotatable bonds is 5. The van der Waals surface area contributed by atoms with Gasteiger partial charge in [-0.25, -0.2) is 9.79 Å². The predicted molar refractivity (Wildman–Crippen MR) is 137 cm³/mol. The SMILES string of the molecule is C=CCN1C(=O)/C(=c2/sc3n(c2=O)[C@H](c2ccc(OC)cc2)C(C(=O)OC)=C(C)N=3)c2ccccc21. The van der Waals surface area contributed by atoms with Crippen molar-refractivity contribution >= 4 is 34.5 Å². The van der Waals surface area contributed by atoms with Gasteiger partial charge in [0.25, 0.3) is 11.5 Å². The van der Waals surface area contributed by atoms with Crippen molar-refractivity contribution in [3.05, 3.63) is 103 Å². The number of methoxy groups -OCH3 is 2. The van der Waals surface area contributed by atoms with Crippen LogP contribution in [0.15, 0.2) is 82.2 Å². The lowest BCUT2D eigenvalue weighted by Gasteiger charge is -2.24. The third kappa shape index (κ3) is 3.51. The topological polar surface area (TPSA) is 90.2 Å². The molecule has 3 aromatic rings. The fourth-order valence-electron chi connectivity index (χ4n) is 4.65. The minimum atomic E-state index is -0.773. The Morgan fingerprint density at radius 2 is 1.86 bits per heavy atom. The average Bonchev–Trinajstić information content (AvgIpc) is 3.35. The number of allylic oxidation sites excluding steroid dienone is 1. The van der Waals surface area contributed by atoms with Crippen LogP contribution in [0, 0.1) is 0 Å². The van der Waals surface area contributed by atoms with E-state index in [9.17, 15) is 14.4 Å². The molecule has 182 valence electrons. The molecule has 0 saturated heterocycles. The maximum atomic E-state index is 14.0. The van der Waals surface area contributed by atoms with E-state index >= 15 is 0 Å². The summed E-state index contributed by atoms with van der Waals surface area (Å²) >= 11 is 1.14. The molecular weight excluding hydrogens is 478 g/mol. The van der Waals surface area contributed by atoms with Crippen LogP contribution in [0.5, 0.6) is 5.75 Å². The van der Waals surface area contributed by atoms with E-state index in [2.05, 4.69) is 11.6 Å². The van der Waals surface area contributed by atoms with Gasteiger partial charge in [-0.2, -0.15) is 0 Å². The number of aromatic nitrogens is 1. The highest BCUT2D eigenvalue weighted by Gasteiger charge is 2.36. The molecule has 8 nitrogen and oxygen atoms in total. The number of esters is 1. The van der Waals surface area contributed by atoms with Crippen molar-refractivity contribution in [2.45, 2.75) is 13.0 Å². The van der Waals surface area contributed by atoms with E-state index in [0.717, 1.165) is 17.0 Å². The van der Waals surface area contributed by atoms with Gasteiger partial charge in [-0.1, -0.05) is 47.7 Å². The number of thiazole rings is 1. The summed E-state index contributed by atoms with van der Waals surface area (Å²) in [7, 11) is 2.86. The molecule has 9 heteroatoms. The van der Waals surface area contributed by atoms with Gasteiger partial charge in [0.2, 0.25) is 0 Å². The first-order valence-electron chi connectivity index (χ1n) is 11.2. The monoisotopic (exact) mass is 501 g/mol. The molecule has 0 fully saturated rings. The van der Waals surface area contributed by atoms with Crippen LogP contribution in [0.1, 0.15) is 24.1 Å². The van der Waals surface area contributed by atoms with E-state index in [-0.39, 0.29) is 16.0 Å². The van der Waals surface area contributed by atoms with Crippen molar-refractivity contribution in [1.82, 2.24) is 4.57 Å². The maximum Gasteiger partial charge on any atom is 0.338 e. The molecule has 2 aliphatic heterocycles. The molecule has 1 atom stereocenters. The number of fused-ring (bicyclic) bond motifs is 2. The molecule has 1 amide bonds. The summed E-state index contributed by atoms with van der Waals surface area (Å²) in [5.74, 6) is -0.204. The number of hydrogen-bond donors (Lipinski definition) is 0. The zero-order valence-corrected chi connectivity index (χ0v) is 20.8. The van der Waals surface area contributed by atoms with Crippen molar-refractivity contribution in [2.75, 3.05) is 25.7 Å². The fraction of sp³-hybridized carbons (Fsp3) is 0.185. The van der Waals surface area contributed by atoms with Crippen molar-refractivity contribution in [2.24, 2.45) is 4.99 Å². The van der Waals surface area contributed by atoms with Crippen LogP contribution in [0.4, 0.5) is 5.69 Å². The van der Waals surface area contributed by atoms with Gasteiger partial charge in [0.05, 0.1) is 42.8 Å². The van der Waals surface area contributed by atoms with E-state index in [0.29, 0.717) is 39.5 Å². The standard InChI is InChI=1S/C27H23N3O5S/c1-5-14-29-19-9-7-6-8-18(19)21(24(29)31)23-25(32)30-22(16-10-12-17(34-3)13-11-16)20(26(33)35-4)15(2)28-27(30)36-23/h5-13,22H,1,14H2,2-4H3/b23-21+/t22-/m1/s1. The van der Waals surface area contributed by atoms with Gasteiger partial charge in [0.1, 0.15) is 10.3 Å². The molecule has 0 unspecified atom stereocenters. The third-order valence-electron chi connectivity index (χ3n) is 6.30. The molecule has 5 rings (SSSR count). The molecule has 0 aliphatic carbocycles. The minimum Gasteiger partial charge on any atom is -0.497 e. The van der Waals surface area contributed by atoms with Gasteiger partial charge in [0.15, 0.2) is 4.80 Å². The minimum absolute atomic E-state index is 0.262. The zero-order chi connectivity index (χ0) is 25.6. The van der Waals surface area contributed by atoms with Crippen LogP contribution in [0.2, 0.25) is 0 Å². The number of hydrogen-bond acceptors (Lipinski definition) is 7. The highest BCUT2D eigenvalue weighted by molar-refractivity contribution is 7.07. The van der Waals surface area contributed by atoms with Gasteiger partial charge < -0.3 is 14.4 Å². The number of amides is 1. The van der Waals surface area contributed by atoms with Crippen LogP contribution in [-0.2, 0) is 14.3 Å². The fourth-order valence-corrected chi connectivity index (χ4v) is 5.79. The number of carbonyl (C=O) groups excluding carboxylic acids is 2. The van der Waals surface area contributed by atoms with Gasteiger partial charge in [-0.15, -0.1) is 6.58 Å². The third-order valence-corrected chi connectivity index (χ3v) is 7.35. The van der Waals surface area contributed by atoms with Crippen LogP contribution < -0.4 is 24.5 Å². The second-order valence-electron chi connectivity index (χ2n) is 8.26. The predicted octanol–water partition coefficient (Wildman–Crippen LogP) is 2.32. The number of anilines is 1. The summed E-state index contributed by atoms with van der Waals surface area (Å²) in [5.41, 5.74) is 2.73. The Balaban J connectivity index is 1.81. The zero-order valence-electron chi connectivity index (χ0n) is 20.0. The Bertz CT molecular complexity index is 1630. The Kier molecular flexibility index (Phi) is 5.93. The lowest BCUT2D eigenvalue weighted by molar-refractivity contribution is -0.136. The summed E-state index contributed by atoms with van der Waals surface area (Å²) < 4.78 is 12.1. The molecule has 2 aromatic carbocycles. The van der Waals surface area contributed by atoms with Crippen LogP contribution in [0.3, 0.4) is 0 Å². The number of para-hydroxylation sites is 1. The molecule has 0 N–H and O–H groups in total. The summed E-state index contributed by atoms with van der Waals surface area (Å²) in [6, 6.07) is 13.7. The average molecular weight is 502 g/mol. The summed E-state index contributed by atoms with van der Waals surface area (Å²) in [4.78, 5) is 46.9. The van der Waals surface area contributed by atoms with E-state index in [4.69, 9.17) is 9.47 Å². The molecule has 2 aliphatic rings. The molecule has 36 heavy (non-hydrogen) atoms. The van der Waals surface area contributed by atoms with E-state index in [1.54, 1.807) is 49.3 Å². The number of nitrogens with zero attached hydrogens (tertiary/aromatic N) is 3. The molecule has 3 heterocycles. The van der Waals surface area contributed by atoms with E-state index in [1.165, 1.54) is 11.7 Å². The van der Waals surface area contributed by atoms with Gasteiger partial charge >= 0.3 is 5.97 Å². The Morgan fingerprint density at radius 1 is 1.14 bits per heavy atom. The largest absolute Gasteiger partial charge is 0.497 e. The van der Waals surface area contributed by atoms with Crippen LogP contribution in [-0.4, -0.2) is 37.2 Å². The lowest BCUT2D eigenvalue weighted by Crippen LogP contribution is -2.40. The van der Waals surface area contributed by atoms with Crippen molar-refractivity contribution in [1.29, 1.82) is 0 Å². The molecule has 0 bridgehead atoms. The highest BCUT2D eigenvalue weighted by Crippen LogP contribution is 2.35. The van der Waals surface area contributed by atoms with Crippen molar-refractivity contribution < 1.29 is 19.1 Å². The smallest absolute Gasteiger partial charge is 0.338 e. The number of carbonyl (C=O) groups is 2. The molecular formula is C27H23N3O5S. The van der Waals surface area contributed by atoms with Gasteiger partial charge in [-0.05, 0) is 30.7 Å². The summed E-state index contributed by atoms with van der Waals surface area (Å²) in [6.07, 6.45) is 1.65. The molecule has 0 saturated carbocycles. The second-order valence-corrected chi connectivity index (χ2v) is 9.24. The highest BCUT2D eigenvalue weighted by atomic mass is 32.1. The molecule has 0 radical (unpaired) electrons. The van der Waals surface area contributed by atoms with E-state index in [1.807, 2.05) is 24.3 Å². The maximum absolute atomic E-state index is 14.0. The Labute approximate surface area is 210 Å². The van der Waals surface area contributed by atoms with Crippen molar-refractivity contribution in [3.8, 4) is 5.75 Å². The van der Waals surface area contributed by atoms with Gasteiger partial charge in [0, 0.05) is 12.1 Å². The number of benzene rings is 2. The number of ether oxygens (including phenoxy) is 2. The summed E-state index contributed by atoms with van der Waals surface area (Å²) in [5, 5.41) is 0. The first-order chi connectivity index (χ1) is 17.4. The van der Waals surface area contributed by atoms with Crippen molar-refractivity contribution in [3.63, 3.8) is 0 Å². The Hall–Kier alpha value is -4.24. The first-order valence-corrected chi connectivity index (χ1v) is 12.0. The first kappa shape index (κ1) is 23.5. The summed E-state index contributed by atoms with van der Waals surface area (Å²) in [6.45, 7) is 5.79. The molecule has 0 spiro atoms. The lowest BCUT2D eigenvalue weighted by atomic mass is 9.96.